The number of terminal acetylenes is 1. The van der Waals surface area contributed by atoms with Crippen LogP contribution in [0, 0.1) is 24.3 Å². The fourth-order valence-electron chi connectivity index (χ4n) is 5.66. The van der Waals surface area contributed by atoms with Gasteiger partial charge in [0.15, 0.2) is 0 Å². The van der Waals surface area contributed by atoms with Crippen molar-refractivity contribution in [1.82, 2.24) is 14.5 Å². The van der Waals surface area contributed by atoms with Crippen LogP contribution in [0.15, 0.2) is 16.6 Å². The van der Waals surface area contributed by atoms with Gasteiger partial charge in [-0.2, -0.15) is 9.38 Å². The maximum absolute atomic E-state index is 15.5. The minimum atomic E-state index is -3.25. The number of hydrogen-bond acceptors (Lipinski definition) is 10. The lowest BCUT2D eigenvalue weighted by Crippen LogP contribution is -2.59. The highest BCUT2D eigenvalue weighted by Crippen LogP contribution is 2.39. The predicted octanol–water partition coefficient (Wildman–Crippen LogP) is 1.12. The Morgan fingerprint density at radius 1 is 1.18 bits per heavy atom. The molecule has 2 N–H and O–H groups in total. The molecule has 218 valence electrons. The first-order valence-corrected chi connectivity index (χ1v) is 15.2. The van der Waals surface area contributed by atoms with Gasteiger partial charge >= 0.3 is 0 Å². The quantitative estimate of drug-likeness (QED) is 0.131. The summed E-state index contributed by atoms with van der Waals surface area (Å²) in [5.74, 6) is -1.31. The van der Waals surface area contributed by atoms with E-state index in [1.807, 2.05) is 11.9 Å². The van der Waals surface area contributed by atoms with E-state index in [4.69, 9.17) is 25.4 Å². The molecule has 13 heteroatoms. The number of aliphatic imine (C=N–C) groups is 1. The van der Waals surface area contributed by atoms with Crippen LogP contribution in [0.5, 0.6) is 0 Å². The molecule has 0 aromatic heterocycles. The van der Waals surface area contributed by atoms with Crippen LogP contribution in [-0.4, -0.2) is 105 Å². The zero-order chi connectivity index (χ0) is 27.8. The number of aliphatic hydroxyl groups is 1. The largest absolute Gasteiger partial charge is 0.491 e. The number of piperidine rings is 2. The summed E-state index contributed by atoms with van der Waals surface area (Å²) < 4.78 is 65.6. The Hall–Kier alpha value is -1.79. The highest BCUT2D eigenvalue weighted by molar-refractivity contribution is 7.90. The van der Waals surface area contributed by atoms with Crippen LogP contribution in [0.25, 0.3) is 0 Å². The van der Waals surface area contributed by atoms with Gasteiger partial charge < -0.3 is 24.1 Å². The fraction of sp³-hybridized carbons (Fsp3) is 0.808. The average molecular weight is 571 g/mol. The summed E-state index contributed by atoms with van der Waals surface area (Å²) in [4.78, 5) is 5.65. The lowest BCUT2D eigenvalue weighted by atomic mass is 9.84. The van der Waals surface area contributed by atoms with Crippen molar-refractivity contribution in [1.29, 1.82) is 0 Å². The van der Waals surface area contributed by atoms with E-state index in [2.05, 4.69) is 16.4 Å². The van der Waals surface area contributed by atoms with E-state index < -0.39 is 34.1 Å². The van der Waals surface area contributed by atoms with Gasteiger partial charge in [0.2, 0.25) is 22.3 Å². The van der Waals surface area contributed by atoms with Gasteiger partial charge in [-0.05, 0) is 52.5 Å². The number of hydrogen-bond donors (Lipinski definition) is 2. The molecule has 0 aromatic rings. The molecule has 3 atom stereocenters. The lowest BCUT2D eigenvalue weighted by molar-refractivity contribution is -0.260. The first-order valence-electron chi connectivity index (χ1n) is 13.7. The van der Waals surface area contributed by atoms with Crippen LogP contribution < -0.4 is 5.32 Å². The SMILES string of the molecule is C#CN=C(OC1CCN(S(=O)(=O)C2CC2)CC1)C(F)=C(C)OC1C2COCC1CN(C(O)OC1(NC)CC1)C2. The molecule has 3 unspecified atom stereocenters. The monoisotopic (exact) mass is 570 g/mol. The molecule has 0 radical (unpaired) electrons. The Balaban J connectivity index is 1.19. The Labute approximate surface area is 229 Å². The first-order chi connectivity index (χ1) is 18.7. The van der Waals surface area contributed by atoms with Gasteiger partial charge in [0.25, 0.3) is 5.90 Å². The third-order valence-electron chi connectivity index (χ3n) is 8.29. The van der Waals surface area contributed by atoms with Gasteiger partial charge in [-0.1, -0.05) is 6.42 Å². The zero-order valence-corrected chi connectivity index (χ0v) is 23.4. The summed E-state index contributed by atoms with van der Waals surface area (Å²) >= 11 is 0. The van der Waals surface area contributed by atoms with E-state index in [0.717, 1.165) is 12.8 Å². The number of nitrogens with zero attached hydrogens (tertiary/aromatic N) is 3. The molecule has 3 heterocycles. The summed E-state index contributed by atoms with van der Waals surface area (Å²) in [6, 6.07) is 2.09. The van der Waals surface area contributed by atoms with Crippen LogP contribution in [0.3, 0.4) is 0 Å². The minimum absolute atomic E-state index is 0.0111. The molecule has 3 saturated heterocycles. The summed E-state index contributed by atoms with van der Waals surface area (Å²) in [6.45, 7) is 3.94. The summed E-state index contributed by atoms with van der Waals surface area (Å²) in [7, 11) is -1.43. The number of rotatable bonds is 10. The van der Waals surface area contributed by atoms with Crippen molar-refractivity contribution < 1.29 is 36.9 Å². The Morgan fingerprint density at radius 2 is 1.82 bits per heavy atom. The molecule has 2 bridgehead atoms. The van der Waals surface area contributed by atoms with Gasteiger partial charge in [-0.25, -0.2) is 12.7 Å². The number of nitrogens with one attached hydrogen (secondary N) is 1. The standard InChI is InChI=1S/C26H39FN4O7S/c1-4-29-24(37-20-7-11-31(12-8-20)39(33,34)21-5-6-21)22(27)17(2)36-23-18-13-30(14-19(23)16-35-15-18)25(32)38-26(28-3)9-10-26/h1,18-21,23,25,28,32H,5-16H2,2-3H3. The second kappa shape index (κ2) is 11.6. The number of halogens is 1. The van der Waals surface area contributed by atoms with Crippen molar-refractivity contribution in [3.8, 4) is 12.5 Å². The maximum atomic E-state index is 15.5. The van der Waals surface area contributed by atoms with Crippen molar-refractivity contribution in [2.75, 3.05) is 46.4 Å². The maximum Gasteiger partial charge on any atom is 0.263 e. The van der Waals surface area contributed by atoms with Gasteiger partial charge in [0.1, 0.15) is 23.7 Å². The molecule has 0 spiro atoms. The van der Waals surface area contributed by atoms with Crippen molar-refractivity contribution >= 4 is 15.9 Å². The van der Waals surface area contributed by atoms with E-state index in [-0.39, 0.29) is 34.8 Å². The number of aliphatic hydroxyl groups excluding tert-OH is 1. The number of fused-ring (bicyclic) bond motifs is 2. The lowest BCUT2D eigenvalue weighted by Gasteiger charge is -2.47. The van der Waals surface area contributed by atoms with Crippen LogP contribution in [0.1, 0.15) is 45.4 Å². The third kappa shape index (κ3) is 6.43. The topological polar surface area (TPSA) is 122 Å². The average Bonchev–Trinajstić information content (AvgIpc) is 3.83. The van der Waals surface area contributed by atoms with Gasteiger partial charge in [-0.3, -0.25) is 10.2 Å². The number of allylic oxidation sites excluding steroid dienone is 1. The zero-order valence-electron chi connectivity index (χ0n) is 22.6. The van der Waals surface area contributed by atoms with Gasteiger partial charge in [0.05, 0.1) is 18.5 Å². The van der Waals surface area contributed by atoms with E-state index in [1.54, 1.807) is 0 Å². The number of sulfonamides is 1. The molecule has 5 aliphatic rings. The van der Waals surface area contributed by atoms with E-state index in [9.17, 15) is 13.5 Å². The van der Waals surface area contributed by atoms with Crippen molar-refractivity contribution in [3.05, 3.63) is 11.6 Å². The predicted molar refractivity (Wildman–Crippen MR) is 140 cm³/mol. The van der Waals surface area contributed by atoms with Crippen LogP contribution in [-0.2, 0) is 29.0 Å². The second-order valence-corrected chi connectivity index (χ2v) is 13.4. The molecule has 0 amide bonds. The Bertz CT molecular complexity index is 1100. The minimum Gasteiger partial charge on any atom is -0.491 e. The summed E-state index contributed by atoms with van der Waals surface area (Å²) in [6.07, 6.45) is 7.53. The summed E-state index contributed by atoms with van der Waals surface area (Å²) in [5, 5.41) is 13.5. The molecule has 5 fully saturated rings. The van der Waals surface area contributed by atoms with Crippen molar-refractivity contribution in [3.63, 3.8) is 0 Å². The van der Waals surface area contributed by atoms with Gasteiger partial charge in [-0.15, -0.1) is 0 Å². The normalized spacial score (nSPS) is 31.7. The molecular weight excluding hydrogens is 531 g/mol. The molecule has 2 saturated carbocycles. The molecule has 11 nitrogen and oxygen atoms in total. The number of likely N-dealkylation sites (tertiary alicyclic amines) is 1. The third-order valence-corrected chi connectivity index (χ3v) is 10.7. The molecular formula is C26H39FN4O7S. The molecule has 3 aliphatic heterocycles. The molecule has 5 rings (SSSR count). The first kappa shape index (κ1) is 28.7. The van der Waals surface area contributed by atoms with E-state index in [0.29, 0.717) is 65.1 Å². The summed E-state index contributed by atoms with van der Waals surface area (Å²) in [5.41, 5.74) is -0.463. The molecule has 39 heavy (non-hydrogen) atoms. The highest BCUT2D eigenvalue weighted by atomic mass is 32.2. The molecule has 0 aromatic carbocycles. The van der Waals surface area contributed by atoms with Crippen molar-refractivity contribution in [2.24, 2.45) is 16.8 Å². The second-order valence-electron chi connectivity index (χ2n) is 11.2. The molecule has 2 aliphatic carbocycles. The van der Waals surface area contributed by atoms with E-state index in [1.165, 1.54) is 11.2 Å². The van der Waals surface area contributed by atoms with Crippen LogP contribution in [0.4, 0.5) is 4.39 Å². The smallest absolute Gasteiger partial charge is 0.263 e. The Morgan fingerprint density at radius 3 is 2.36 bits per heavy atom. The van der Waals surface area contributed by atoms with Crippen LogP contribution >= 0.6 is 0 Å². The highest BCUT2D eigenvalue weighted by Gasteiger charge is 2.49. The van der Waals surface area contributed by atoms with Crippen LogP contribution in [0.2, 0.25) is 0 Å². The van der Waals surface area contributed by atoms with Gasteiger partial charge in [0, 0.05) is 44.1 Å². The Kier molecular flexibility index (Phi) is 8.54. The van der Waals surface area contributed by atoms with Crippen molar-refractivity contribution in [2.45, 2.75) is 75.0 Å². The fourth-order valence-corrected chi connectivity index (χ4v) is 7.53. The van der Waals surface area contributed by atoms with E-state index >= 15 is 4.39 Å². The number of ether oxygens (including phenoxy) is 4.